The fourth-order valence-corrected chi connectivity index (χ4v) is 7.27. The zero-order valence-corrected chi connectivity index (χ0v) is 26.4. The molecule has 7 rings (SSSR count). The summed E-state index contributed by atoms with van der Waals surface area (Å²) >= 11 is 0. The number of benzene rings is 3. The Morgan fingerprint density at radius 3 is 2.49 bits per heavy atom. The van der Waals surface area contributed by atoms with Crippen molar-refractivity contribution in [1.82, 2.24) is 24.2 Å². The Kier molecular flexibility index (Phi) is 7.42. The largest absolute Gasteiger partial charge is 0.506 e. The number of phenols is 1. The summed E-state index contributed by atoms with van der Waals surface area (Å²) in [5.41, 5.74) is 1.98. The van der Waals surface area contributed by atoms with Crippen molar-refractivity contribution < 1.29 is 37.1 Å². The number of carbonyl (C=O) groups is 4. The Labute approximate surface area is 276 Å². The van der Waals surface area contributed by atoms with Gasteiger partial charge in [0.25, 0.3) is 5.91 Å². The minimum atomic E-state index is -4.35. The van der Waals surface area contributed by atoms with Crippen LogP contribution in [-0.2, 0) is 42.9 Å². The minimum Gasteiger partial charge on any atom is -0.506 e. The highest BCUT2D eigenvalue weighted by Crippen LogP contribution is 2.39. The Hall–Kier alpha value is -6.10. The van der Waals surface area contributed by atoms with Crippen molar-refractivity contribution in [3.63, 3.8) is 0 Å². The number of rotatable bonds is 6. The number of halogens is 1. The van der Waals surface area contributed by atoms with Gasteiger partial charge in [0.05, 0.1) is 17.6 Å². The number of fused-ring (bicyclic) bond motifs is 2. The van der Waals surface area contributed by atoms with E-state index in [-0.39, 0.29) is 41.8 Å². The highest BCUT2D eigenvalue weighted by atomic mass is 32.2. The zero-order chi connectivity index (χ0) is 34.8. The summed E-state index contributed by atoms with van der Waals surface area (Å²) < 4.78 is 44.7. The monoisotopic (exact) mass is 687 g/mol. The van der Waals surface area contributed by atoms with Crippen LogP contribution in [0.15, 0.2) is 65.5 Å². The average Bonchev–Trinajstić information content (AvgIpc) is 3.46. The number of hydrogen-bond donors (Lipinski definition) is 4. The standard InChI is InChI=1S/C32H26FN7O8S/c1-38-30-22(40(32(38)46)23-10-11-25(42)36-31(23)45)9-8-21(35-30)17-4-2-16(3-5-17)12-26(43)34-19-6-7-20-18(13-19)14-24(41)29(28(20)33)39-15-27(44)37-49(39,47)48/h2-9,13-14,23,41H,10-12,15H2,1H3,(H,34,43)(H,37,44)(H,36,42,45). The van der Waals surface area contributed by atoms with E-state index >= 15 is 4.39 Å². The van der Waals surface area contributed by atoms with Crippen LogP contribution in [-0.4, -0.2) is 57.8 Å². The van der Waals surface area contributed by atoms with Crippen molar-refractivity contribution in [2.75, 3.05) is 16.2 Å². The molecular formula is C32H26FN7O8S. The van der Waals surface area contributed by atoms with E-state index in [1.54, 1.807) is 48.2 Å². The van der Waals surface area contributed by atoms with Crippen LogP contribution in [0.1, 0.15) is 24.4 Å². The Morgan fingerprint density at radius 2 is 1.80 bits per heavy atom. The van der Waals surface area contributed by atoms with Gasteiger partial charge in [0.1, 0.15) is 24.0 Å². The van der Waals surface area contributed by atoms with Crippen molar-refractivity contribution in [2.45, 2.75) is 25.3 Å². The van der Waals surface area contributed by atoms with Crippen LogP contribution >= 0.6 is 0 Å². The first-order valence-corrected chi connectivity index (χ1v) is 16.3. The van der Waals surface area contributed by atoms with Gasteiger partial charge in [-0.05, 0) is 53.8 Å². The van der Waals surface area contributed by atoms with E-state index in [0.29, 0.717) is 38.0 Å². The summed E-state index contributed by atoms with van der Waals surface area (Å²) in [6.07, 6.45) is 0.320. The fraction of sp³-hybridized carbons (Fsp3) is 0.188. The third kappa shape index (κ3) is 5.52. The van der Waals surface area contributed by atoms with E-state index in [1.165, 1.54) is 27.3 Å². The number of pyridine rings is 1. The van der Waals surface area contributed by atoms with Gasteiger partial charge in [-0.2, -0.15) is 8.42 Å². The van der Waals surface area contributed by atoms with E-state index in [0.717, 1.165) is 6.07 Å². The van der Waals surface area contributed by atoms with Gasteiger partial charge in [0.2, 0.25) is 17.7 Å². The number of carbonyl (C=O) groups excluding carboxylic acids is 4. The summed E-state index contributed by atoms with van der Waals surface area (Å²) in [6, 6.07) is 15.0. The van der Waals surface area contributed by atoms with Crippen LogP contribution in [0.25, 0.3) is 33.2 Å². The zero-order valence-electron chi connectivity index (χ0n) is 25.6. The molecule has 0 radical (unpaired) electrons. The molecule has 3 aromatic carbocycles. The van der Waals surface area contributed by atoms with Gasteiger partial charge >= 0.3 is 15.9 Å². The van der Waals surface area contributed by atoms with Gasteiger partial charge in [-0.25, -0.2) is 23.2 Å². The first kappa shape index (κ1) is 31.5. The number of nitrogens with one attached hydrogen (secondary N) is 3. The van der Waals surface area contributed by atoms with Gasteiger partial charge in [0, 0.05) is 30.1 Å². The molecule has 0 bridgehead atoms. The lowest BCUT2D eigenvalue weighted by Crippen LogP contribution is -2.44. The molecule has 5 aromatic rings. The van der Waals surface area contributed by atoms with Crippen LogP contribution < -0.4 is 25.4 Å². The van der Waals surface area contributed by atoms with Crippen molar-refractivity contribution in [2.24, 2.45) is 7.05 Å². The number of amides is 4. The predicted molar refractivity (Wildman–Crippen MR) is 174 cm³/mol. The molecule has 0 saturated carbocycles. The van der Waals surface area contributed by atoms with E-state index in [2.05, 4.69) is 15.6 Å². The number of anilines is 2. The highest BCUT2D eigenvalue weighted by Gasteiger charge is 2.38. The summed E-state index contributed by atoms with van der Waals surface area (Å²) in [4.78, 5) is 66.3. The molecule has 2 saturated heterocycles. The van der Waals surface area contributed by atoms with Crippen molar-refractivity contribution >= 4 is 67.1 Å². The molecule has 4 heterocycles. The lowest BCUT2D eigenvalue weighted by Gasteiger charge is -2.21. The quantitative estimate of drug-likeness (QED) is 0.192. The van der Waals surface area contributed by atoms with Gasteiger partial charge in [-0.15, -0.1) is 0 Å². The Balaban J connectivity index is 1.06. The number of aromatic hydroxyl groups is 1. The number of phenolic OH excluding ortho intramolecular Hbond substituents is 1. The number of aromatic nitrogens is 3. The van der Waals surface area contributed by atoms with Crippen molar-refractivity contribution in [3.05, 3.63) is 82.5 Å². The SMILES string of the molecule is Cn1c(=O)n(C2CCC(=O)NC2=O)c2ccc(-c3ccc(CC(=O)Nc4ccc5c(F)c(N6CC(=O)NS6(=O)=O)c(O)cc5c4)cc3)nc21. The van der Waals surface area contributed by atoms with E-state index in [1.807, 2.05) is 0 Å². The summed E-state index contributed by atoms with van der Waals surface area (Å²) in [7, 11) is -2.80. The van der Waals surface area contributed by atoms with Gasteiger partial charge in [-0.1, -0.05) is 24.3 Å². The molecule has 2 aliphatic heterocycles. The molecule has 2 fully saturated rings. The van der Waals surface area contributed by atoms with Crippen LogP contribution in [0, 0.1) is 5.82 Å². The number of nitrogens with zero attached hydrogens (tertiary/aromatic N) is 4. The molecule has 250 valence electrons. The van der Waals surface area contributed by atoms with Crippen molar-refractivity contribution in [1.29, 1.82) is 0 Å². The Morgan fingerprint density at radius 1 is 1.04 bits per heavy atom. The van der Waals surface area contributed by atoms with Gasteiger partial charge in [-0.3, -0.25) is 33.6 Å². The van der Waals surface area contributed by atoms with Gasteiger partial charge < -0.3 is 10.4 Å². The Bertz CT molecular complexity index is 2440. The molecular weight excluding hydrogens is 661 g/mol. The predicted octanol–water partition coefficient (Wildman–Crippen LogP) is 1.74. The molecule has 2 aromatic heterocycles. The number of hydrogen-bond acceptors (Lipinski definition) is 9. The fourth-order valence-electron chi connectivity index (χ4n) is 6.10. The number of imidazole rings is 1. The average molecular weight is 688 g/mol. The topological polar surface area (TPSA) is 202 Å². The van der Waals surface area contributed by atoms with E-state index in [4.69, 9.17) is 0 Å². The lowest BCUT2D eigenvalue weighted by atomic mass is 10.0. The lowest BCUT2D eigenvalue weighted by molar-refractivity contribution is -0.135. The van der Waals surface area contributed by atoms with E-state index in [9.17, 15) is 37.5 Å². The second kappa shape index (κ2) is 11.6. The van der Waals surface area contributed by atoms with E-state index < -0.39 is 57.6 Å². The second-order valence-electron chi connectivity index (χ2n) is 11.7. The van der Waals surface area contributed by atoms with Crippen LogP contribution in [0.3, 0.4) is 0 Å². The summed E-state index contributed by atoms with van der Waals surface area (Å²) in [5, 5.41) is 15.6. The highest BCUT2D eigenvalue weighted by molar-refractivity contribution is 7.92. The molecule has 17 heteroatoms. The second-order valence-corrected chi connectivity index (χ2v) is 13.3. The first-order valence-electron chi connectivity index (χ1n) is 14.9. The molecule has 49 heavy (non-hydrogen) atoms. The number of aryl methyl sites for hydroxylation is 1. The number of imide groups is 1. The number of piperidine rings is 1. The molecule has 1 unspecified atom stereocenters. The van der Waals surface area contributed by atoms with Crippen LogP contribution in [0.4, 0.5) is 15.8 Å². The molecule has 0 aliphatic carbocycles. The third-order valence-electron chi connectivity index (χ3n) is 8.45. The normalized spacial score (nSPS) is 17.4. The summed E-state index contributed by atoms with van der Waals surface area (Å²) in [5.74, 6) is -3.91. The maximum absolute atomic E-state index is 15.4. The minimum absolute atomic E-state index is 0.0134. The molecule has 0 spiro atoms. The molecule has 1 atom stereocenters. The molecule has 4 amide bonds. The summed E-state index contributed by atoms with van der Waals surface area (Å²) in [6.45, 7) is -0.680. The first-order chi connectivity index (χ1) is 23.3. The van der Waals surface area contributed by atoms with Crippen LogP contribution in [0.2, 0.25) is 0 Å². The van der Waals surface area contributed by atoms with Gasteiger partial charge in [0.15, 0.2) is 11.5 Å². The van der Waals surface area contributed by atoms with Crippen molar-refractivity contribution in [3.8, 4) is 17.0 Å². The smallest absolute Gasteiger partial charge is 0.330 e. The maximum Gasteiger partial charge on any atom is 0.330 e. The molecule has 4 N–H and O–H groups in total. The third-order valence-corrected chi connectivity index (χ3v) is 9.82. The molecule has 15 nitrogen and oxygen atoms in total. The molecule has 2 aliphatic rings. The van der Waals surface area contributed by atoms with Crippen LogP contribution in [0.5, 0.6) is 5.75 Å². The maximum atomic E-state index is 15.4.